The summed E-state index contributed by atoms with van der Waals surface area (Å²) in [5.41, 5.74) is 0. The van der Waals surface area contributed by atoms with E-state index >= 15 is 0 Å². The van der Waals surface area contributed by atoms with Crippen LogP contribution in [0.5, 0.6) is 0 Å². The topological polar surface area (TPSA) is 237 Å². The second-order valence-corrected chi connectivity index (χ2v) is 30.2. The van der Waals surface area contributed by atoms with Crippen LogP contribution in [0.2, 0.25) is 0 Å². The molecule has 0 saturated carbocycles. The van der Waals surface area contributed by atoms with Crippen molar-refractivity contribution >= 4 is 39.5 Å². The number of esters is 4. The van der Waals surface area contributed by atoms with Crippen LogP contribution in [0.3, 0.4) is 0 Å². The van der Waals surface area contributed by atoms with Gasteiger partial charge in [-0.1, -0.05) is 299 Å². The normalized spacial score (nSPS) is 14.6. The zero-order chi connectivity index (χ0) is 66.8. The van der Waals surface area contributed by atoms with Gasteiger partial charge in [-0.05, 0) is 49.4 Å². The average Bonchev–Trinajstić information content (AvgIpc) is 3.58. The Kier molecular flexibility index (Phi) is 59.4. The second-order valence-electron chi connectivity index (χ2n) is 27.3. The Morgan fingerprint density at radius 1 is 0.311 bits per heavy atom. The molecule has 90 heavy (non-hydrogen) atoms. The van der Waals surface area contributed by atoms with Gasteiger partial charge in [-0.2, -0.15) is 0 Å². The van der Waals surface area contributed by atoms with Gasteiger partial charge in [0.05, 0.1) is 26.4 Å². The maximum Gasteiger partial charge on any atom is 0.472 e. The molecule has 0 aliphatic heterocycles. The number of phosphoric acid groups is 2. The minimum Gasteiger partial charge on any atom is -0.462 e. The Labute approximate surface area is 549 Å². The van der Waals surface area contributed by atoms with E-state index in [0.717, 1.165) is 114 Å². The van der Waals surface area contributed by atoms with Crippen LogP contribution in [0.25, 0.3) is 0 Å². The molecule has 0 radical (unpaired) electrons. The monoisotopic (exact) mass is 1320 g/mol. The molecule has 6 atom stereocenters. The Hall–Kier alpha value is -1.94. The average molecular weight is 1330 g/mol. The lowest BCUT2D eigenvalue weighted by Gasteiger charge is -2.21. The third-order valence-corrected chi connectivity index (χ3v) is 18.6. The molecule has 0 rings (SSSR count). The van der Waals surface area contributed by atoms with E-state index in [1.165, 1.54) is 148 Å². The SMILES string of the molecule is CCC(C)CCCCCCCCC(=O)OC[C@H](COP(=O)(O)OC[C@H](O)COP(=O)(O)OC[C@@H](COC(=O)CCCCCCCCCCCC(C)C)OC(=O)CCCCCCCCCC(C)C)OC(=O)CCCCCCCCCCCCCCCCCC(C)C. The Bertz CT molecular complexity index is 1780. The highest BCUT2D eigenvalue weighted by Gasteiger charge is 2.30. The first-order valence-electron chi connectivity index (χ1n) is 36.7. The number of unbranched alkanes of at least 4 members (excludes halogenated alkanes) is 33. The number of aliphatic hydroxyl groups excluding tert-OH is 1. The third kappa shape index (κ3) is 63.5. The zero-order valence-electron chi connectivity index (χ0n) is 58.8. The minimum absolute atomic E-state index is 0.103. The van der Waals surface area contributed by atoms with Crippen molar-refractivity contribution in [1.82, 2.24) is 0 Å². The molecule has 17 nitrogen and oxygen atoms in total. The highest BCUT2D eigenvalue weighted by Crippen LogP contribution is 2.45. The number of hydrogen-bond acceptors (Lipinski definition) is 15. The first-order chi connectivity index (χ1) is 43.1. The van der Waals surface area contributed by atoms with Crippen LogP contribution in [0.15, 0.2) is 0 Å². The number of aliphatic hydroxyl groups is 1. The van der Waals surface area contributed by atoms with E-state index < -0.39 is 97.5 Å². The molecule has 0 fully saturated rings. The zero-order valence-corrected chi connectivity index (χ0v) is 60.6. The van der Waals surface area contributed by atoms with Crippen molar-refractivity contribution in [3.05, 3.63) is 0 Å². The summed E-state index contributed by atoms with van der Waals surface area (Å²) in [5.74, 6) is 0.842. The lowest BCUT2D eigenvalue weighted by molar-refractivity contribution is -0.161. The van der Waals surface area contributed by atoms with Gasteiger partial charge >= 0.3 is 39.5 Å². The fourth-order valence-electron chi connectivity index (χ4n) is 10.6. The molecule has 3 unspecified atom stereocenters. The molecule has 0 spiro atoms. The number of ether oxygens (including phenoxy) is 4. The molecule has 534 valence electrons. The summed E-state index contributed by atoms with van der Waals surface area (Å²) in [7, 11) is -9.90. The summed E-state index contributed by atoms with van der Waals surface area (Å²) in [5, 5.41) is 10.6. The standard InChI is InChI=1S/C71H138O17P2/c1-9-64(8)50-42-34-29-30-36-44-52-69(74)82-58-67(87-70(75)53-45-37-27-20-16-14-12-10-11-13-15-18-23-31-39-47-61(2)3)60-86-90(79,80)84-56-65(72)55-83-89(77,78)85-59-66(88-71(76)54-46-38-28-22-25-33-41-49-63(6)7)57-81-68(73)51-43-35-26-21-17-19-24-32-40-48-62(4)5/h61-67,72H,9-60H2,1-8H3,(H,77,78)(H,79,80)/t64?,65-,66-,67-/m1/s1. The number of phosphoric ester groups is 2. The maximum atomic E-state index is 13.0. The quantitative estimate of drug-likeness (QED) is 0.0222. The summed E-state index contributed by atoms with van der Waals surface area (Å²) in [4.78, 5) is 72.5. The van der Waals surface area contributed by atoms with E-state index in [4.69, 9.17) is 37.0 Å². The van der Waals surface area contributed by atoms with Crippen molar-refractivity contribution in [1.29, 1.82) is 0 Å². The largest absolute Gasteiger partial charge is 0.472 e. The fraction of sp³-hybridized carbons (Fsp3) is 0.944. The summed E-state index contributed by atoms with van der Waals surface area (Å²) in [6, 6.07) is 0. The summed E-state index contributed by atoms with van der Waals surface area (Å²) in [6.07, 6.45) is 43.2. The molecule has 0 aromatic heterocycles. The van der Waals surface area contributed by atoms with Crippen LogP contribution in [0, 0.1) is 23.7 Å². The van der Waals surface area contributed by atoms with Crippen molar-refractivity contribution in [3.8, 4) is 0 Å². The van der Waals surface area contributed by atoms with Gasteiger partial charge in [0, 0.05) is 25.7 Å². The van der Waals surface area contributed by atoms with Gasteiger partial charge in [-0.25, -0.2) is 9.13 Å². The van der Waals surface area contributed by atoms with Gasteiger partial charge in [0.1, 0.15) is 19.3 Å². The number of carbonyl (C=O) groups is 4. The van der Waals surface area contributed by atoms with Crippen molar-refractivity contribution in [2.45, 2.75) is 369 Å². The van der Waals surface area contributed by atoms with E-state index in [1.54, 1.807) is 0 Å². The molecular weight excluding hydrogens is 1190 g/mol. The van der Waals surface area contributed by atoms with Crippen LogP contribution < -0.4 is 0 Å². The lowest BCUT2D eigenvalue weighted by Crippen LogP contribution is -2.30. The van der Waals surface area contributed by atoms with E-state index in [2.05, 4.69) is 55.4 Å². The summed E-state index contributed by atoms with van der Waals surface area (Å²) < 4.78 is 68.3. The molecular formula is C71H138O17P2. The fourth-order valence-corrected chi connectivity index (χ4v) is 12.2. The highest BCUT2D eigenvalue weighted by atomic mass is 31.2. The number of carbonyl (C=O) groups excluding carboxylic acids is 4. The van der Waals surface area contributed by atoms with Crippen LogP contribution >= 0.6 is 15.6 Å². The van der Waals surface area contributed by atoms with Gasteiger partial charge in [0.25, 0.3) is 0 Å². The molecule has 0 aliphatic rings. The Morgan fingerprint density at radius 2 is 0.533 bits per heavy atom. The highest BCUT2D eigenvalue weighted by molar-refractivity contribution is 7.47. The van der Waals surface area contributed by atoms with Crippen LogP contribution in [0.4, 0.5) is 0 Å². The Balaban J connectivity index is 5.21. The van der Waals surface area contributed by atoms with Crippen molar-refractivity contribution in [3.63, 3.8) is 0 Å². The molecule has 0 bridgehead atoms. The smallest absolute Gasteiger partial charge is 0.462 e. The van der Waals surface area contributed by atoms with Gasteiger partial charge < -0.3 is 33.8 Å². The van der Waals surface area contributed by atoms with Gasteiger partial charge in [-0.3, -0.25) is 37.3 Å². The first kappa shape index (κ1) is 88.1. The molecule has 3 N–H and O–H groups in total. The predicted molar refractivity (Wildman–Crippen MR) is 363 cm³/mol. The van der Waals surface area contributed by atoms with Crippen LogP contribution in [0.1, 0.15) is 351 Å². The van der Waals surface area contributed by atoms with Crippen LogP contribution in [-0.4, -0.2) is 96.7 Å². The molecule has 0 aromatic carbocycles. The summed E-state index contributed by atoms with van der Waals surface area (Å²) >= 11 is 0. The van der Waals surface area contributed by atoms with Gasteiger partial charge in [0.15, 0.2) is 12.2 Å². The van der Waals surface area contributed by atoms with Gasteiger partial charge in [-0.15, -0.1) is 0 Å². The molecule has 0 amide bonds. The van der Waals surface area contributed by atoms with E-state index in [9.17, 15) is 43.2 Å². The second kappa shape index (κ2) is 60.7. The number of hydrogen-bond donors (Lipinski definition) is 3. The predicted octanol–water partition coefficient (Wildman–Crippen LogP) is 20.1. The van der Waals surface area contributed by atoms with E-state index in [-0.39, 0.29) is 25.7 Å². The maximum absolute atomic E-state index is 13.0. The van der Waals surface area contributed by atoms with E-state index in [1.807, 2.05) is 0 Å². The molecule has 19 heteroatoms. The molecule has 0 aromatic rings. The number of rotatable bonds is 68. The van der Waals surface area contributed by atoms with Crippen molar-refractivity contribution in [2.24, 2.45) is 23.7 Å². The van der Waals surface area contributed by atoms with Crippen molar-refractivity contribution in [2.75, 3.05) is 39.6 Å². The van der Waals surface area contributed by atoms with E-state index in [0.29, 0.717) is 31.6 Å². The van der Waals surface area contributed by atoms with Crippen LogP contribution in [-0.2, 0) is 65.4 Å². The summed E-state index contributed by atoms with van der Waals surface area (Å²) in [6.45, 7) is 14.1. The Morgan fingerprint density at radius 3 is 0.789 bits per heavy atom. The lowest BCUT2D eigenvalue weighted by atomic mass is 10.00. The minimum atomic E-state index is -4.95. The third-order valence-electron chi connectivity index (χ3n) is 16.7. The van der Waals surface area contributed by atoms with Gasteiger partial charge in [0.2, 0.25) is 0 Å². The molecule has 0 heterocycles. The van der Waals surface area contributed by atoms with Crippen molar-refractivity contribution < 1.29 is 80.2 Å². The molecule has 0 saturated heterocycles. The molecule has 0 aliphatic carbocycles. The first-order valence-corrected chi connectivity index (χ1v) is 39.7.